The minimum absolute atomic E-state index is 0.00818. The fraction of sp³-hybridized carbons (Fsp3) is 0.643. The first-order chi connectivity index (χ1) is 33.4. The number of carboxylic acid groups (broad SMARTS) is 2. The second-order valence-corrected chi connectivity index (χ2v) is 17.2. The molecule has 396 valence electrons. The number of nitrogens with two attached hydrogens (primary N) is 2. The van der Waals surface area contributed by atoms with Crippen LogP contribution in [0.2, 0.25) is 0 Å². The normalized spacial score (nSPS) is 12.4. The molecular weight excluding hydrogens is 949 g/mol. The summed E-state index contributed by atoms with van der Waals surface area (Å²) in [6.45, 7) is 2.71. The van der Waals surface area contributed by atoms with Gasteiger partial charge in [0.05, 0.1) is 45.4 Å². The van der Waals surface area contributed by atoms with Gasteiger partial charge in [-0.2, -0.15) is 4.83 Å². The van der Waals surface area contributed by atoms with Gasteiger partial charge in [0, 0.05) is 56.7 Å². The number of unbranched alkanes of at least 4 members (excludes halogenated alkanes) is 1. The van der Waals surface area contributed by atoms with Gasteiger partial charge in [0.2, 0.25) is 45.5 Å². The molecule has 7 amide bonds. The molecule has 1 aromatic carbocycles. The van der Waals surface area contributed by atoms with Crippen LogP contribution in [0.1, 0.15) is 81.5 Å². The molecule has 1 rings (SSSR count). The van der Waals surface area contributed by atoms with Crippen molar-refractivity contribution >= 4 is 69.0 Å². The van der Waals surface area contributed by atoms with E-state index in [4.69, 9.17) is 30.5 Å². The summed E-state index contributed by atoms with van der Waals surface area (Å²) >= 11 is 0. The van der Waals surface area contributed by atoms with E-state index in [0.29, 0.717) is 24.9 Å². The number of nitrogens with one attached hydrogen (secondary N) is 8. The van der Waals surface area contributed by atoms with E-state index in [1.807, 2.05) is 12.1 Å². The number of anilines is 1. The predicted molar refractivity (Wildman–Crippen MR) is 250 cm³/mol. The van der Waals surface area contributed by atoms with Crippen LogP contribution in [0.15, 0.2) is 24.3 Å². The maximum Gasteiger partial charge on any atom is 0.326 e. The molecule has 1 aromatic rings. The second kappa shape index (κ2) is 36.9. The quantitative estimate of drug-likeness (QED) is 0.0176. The van der Waals surface area contributed by atoms with E-state index in [1.165, 1.54) is 0 Å². The Bertz CT molecular complexity index is 1910. The van der Waals surface area contributed by atoms with Crippen molar-refractivity contribution in [3.8, 4) is 0 Å². The van der Waals surface area contributed by atoms with Gasteiger partial charge >= 0.3 is 11.9 Å². The number of sulfonamides is 1. The minimum Gasteiger partial charge on any atom is -0.480 e. The SMILES string of the molecule is CCCNc1ccc(C(=O)NCCCCC(NC(=O)COCCOCCNC(=O)CCC(NC(=O)CCC(NC(=O)COCCOCCNC(=O)CCCS(=O)(=O)NN)C(=O)O)C(=O)O)C(N)=O)cc1. The van der Waals surface area contributed by atoms with E-state index in [1.54, 1.807) is 17.0 Å². The van der Waals surface area contributed by atoms with Crippen molar-refractivity contribution in [3.63, 3.8) is 0 Å². The average molecular weight is 1020 g/mol. The van der Waals surface area contributed by atoms with Crippen LogP contribution in [0.3, 0.4) is 0 Å². The Labute approximate surface area is 406 Å². The lowest BCUT2D eigenvalue weighted by Gasteiger charge is -2.17. The Morgan fingerprint density at radius 1 is 0.571 bits per heavy atom. The van der Waals surface area contributed by atoms with Gasteiger partial charge < -0.3 is 72.1 Å². The highest BCUT2D eigenvalue weighted by molar-refractivity contribution is 7.89. The summed E-state index contributed by atoms with van der Waals surface area (Å²) in [5.41, 5.74) is 6.90. The number of carbonyl (C=O) groups is 9. The highest BCUT2D eigenvalue weighted by Crippen LogP contribution is 2.10. The maximum absolute atomic E-state index is 12.5. The van der Waals surface area contributed by atoms with E-state index in [2.05, 4.69) is 44.1 Å². The van der Waals surface area contributed by atoms with E-state index < -0.39 is 82.7 Å². The zero-order chi connectivity index (χ0) is 52.2. The first-order valence-corrected chi connectivity index (χ1v) is 24.3. The molecule has 14 N–H and O–H groups in total. The highest BCUT2D eigenvalue weighted by Gasteiger charge is 2.25. The number of aliphatic carboxylic acids is 2. The zero-order valence-electron chi connectivity index (χ0n) is 39.4. The molecule has 3 atom stereocenters. The lowest BCUT2D eigenvalue weighted by atomic mass is 10.1. The maximum atomic E-state index is 12.5. The number of carbonyl (C=O) groups excluding carboxylic acids is 7. The van der Waals surface area contributed by atoms with E-state index >= 15 is 0 Å². The molecule has 70 heavy (non-hydrogen) atoms. The lowest BCUT2D eigenvalue weighted by Crippen LogP contribution is -2.45. The molecule has 27 nitrogen and oxygen atoms in total. The van der Waals surface area contributed by atoms with Crippen LogP contribution >= 0.6 is 0 Å². The minimum atomic E-state index is -3.62. The van der Waals surface area contributed by atoms with Crippen molar-refractivity contribution in [2.45, 2.75) is 89.3 Å². The summed E-state index contributed by atoms with van der Waals surface area (Å²) in [5, 5.41) is 37.1. The van der Waals surface area contributed by atoms with Crippen molar-refractivity contribution in [2.24, 2.45) is 11.6 Å². The fourth-order valence-electron chi connectivity index (χ4n) is 5.83. The number of benzene rings is 1. The molecule has 28 heteroatoms. The van der Waals surface area contributed by atoms with E-state index in [-0.39, 0.29) is 115 Å². The third-order valence-electron chi connectivity index (χ3n) is 9.54. The number of primary amides is 1. The number of carboxylic acids is 2. The molecule has 0 spiro atoms. The van der Waals surface area contributed by atoms with E-state index in [0.717, 1.165) is 18.7 Å². The summed E-state index contributed by atoms with van der Waals surface area (Å²) in [6.07, 6.45) is 0.890. The van der Waals surface area contributed by atoms with Crippen LogP contribution in [0.25, 0.3) is 0 Å². The fourth-order valence-corrected chi connectivity index (χ4v) is 6.47. The van der Waals surface area contributed by atoms with Gasteiger partial charge in [-0.05, 0) is 69.2 Å². The Morgan fingerprint density at radius 3 is 1.59 bits per heavy atom. The number of hydrogen-bond donors (Lipinski definition) is 12. The summed E-state index contributed by atoms with van der Waals surface area (Å²) < 4.78 is 43.5. The van der Waals surface area contributed by atoms with Crippen molar-refractivity contribution in [3.05, 3.63) is 29.8 Å². The third-order valence-corrected chi connectivity index (χ3v) is 10.7. The largest absolute Gasteiger partial charge is 0.480 e. The monoisotopic (exact) mass is 1020 g/mol. The van der Waals surface area contributed by atoms with Crippen molar-refractivity contribution in [1.29, 1.82) is 0 Å². The number of hydrazine groups is 1. The van der Waals surface area contributed by atoms with Crippen molar-refractivity contribution in [2.75, 3.05) is 90.1 Å². The molecule has 0 bridgehead atoms. The van der Waals surface area contributed by atoms with Crippen molar-refractivity contribution < 1.29 is 80.7 Å². The van der Waals surface area contributed by atoms with Gasteiger partial charge in [0.25, 0.3) is 5.91 Å². The predicted octanol–water partition coefficient (Wildman–Crippen LogP) is -3.05. The number of ether oxygens (including phenoxy) is 4. The van der Waals surface area contributed by atoms with Gasteiger partial charge in [-0.15, -0.1) is 0 Å². The first-order valence-electron chi connectivity index (χ1n) is 22.7. The van der Waals surface area contributed by atoms with Crippen LogP contribution in [-0.4, -0.2) is 175 Å². The average Bonchev–Trinajstić information content (AvgIpc) is 3.31. The van der Waals surface area contributed by atoms with Crippen LogP contribution in [-0.2, 0) is 67.3 Å². The summed E-state index contributed by atoms with van der Waals surface area (Å²) in [5.74, 6) is -2.39. The van der Waals surface area contributed by atoms with Gasteiger partial charge in [-0.1, -0.05) is 6.92 Å². The van der Waals surface area contributed by atoms with Crippen molar-refractivity contribution in [1.82, 2.24) is 36.7 Å². The lowest BCUT2D eigenvalue weighted by molar-refractivity contribution is -0.144. The van der Waals surface area contributed by atoms with Gasteiger partial charge in [-0.3, -0.25) is 39.4 Å². The molecule has 0 saturated heterocycles. The number of hydrogen-bond acceptors (Lipinski definition) is 17. The molecule has 0 aliphatic rings. The molecule has 0 heterocycles. The topological polar surface area (TPSA) is 413 Å². The number of rotatable bonds is 42. The van der Waals surface area contributed by atoms with Crippen LogP contribution in [0.5, 0.6) is 0 Å². The standard InChI is InChI=1S/C42H70N10O17S/c1-2-16-45-30-10-8-29(9-11-30)40(59)48-17-4-3-6-31(39(43)58)49-37(56)27-68-24-22-67-21-19-47-35(54)14-12-32(41(60)61)50-36(55)15-13-33(42(62)63)51-38(57)28-69-25-23-66-20-18-46-34(53)7-5-26-70(64,65)52-44/h8-11,31-33,45,52H,2-7,12-28,44H2,1H3,(H2,43,58)(H,46,53)(H,47,54)(H,48,59)(H,49,56)(H,50,55)(H,51,57)(H,60,61)(H,62,63). The zero-order valence-corrected chi connectivity index (χ0v) is 40.2. The Kier molecular flexibility index (Phi) is 32.6. The molecule has 3 unspecified atom stereocenters. The summed E-state index contributed by atoms with van der Waals surface area (Å²) in [6, 6.07) is 3.22. The second-order valence-electron chi connectivity index (χ2n) is 15.3. The molecule has 0 aliphatic carbocycles. The molecule has 0 aliphatic heterocycles. The highest BCUT2D eigenvalue weighted by atomic mass is 32.2. The van der Waals surface area contributed by atoms with E-state index in [9.17, 15) is 61.8 Å². The van der Waals surface area contributed by atoms with Gasteiger partial charge in [-0.25, -0.2) is 18.0 Å². The Hall–Kier alpha value is -6.04. The van der Waals surface area contributed by atoms with Crippen LogP contribution < -0.4 is 53.6 Å². The molecule has 0 radical (unpaired) electrons. The Morgan fingerprint density at radius 2 is 1.07 bits per heavy atom. The molecule has 0 fully saturated rings. The molecular formula is C42H70N10O17S. The third kappa shape index (κ3) is 31.2. The smallest absolute Gasteiger partial charge is 0.326 e. The first kappa shape index (κ1) is 62.0. The van der Waals surface area contributed by atoms with Gasteiger partial charge in [0.1, 0.15) is 31.3 Å². The summed E-state index contributed by atoms with van der Waals surface area (Å²) in [4.78, 5) is 110. The molecule has 0 aromatic heterocycles. The molecule has 0 saturated carbocycles. The van der Waals surface area contributed by atoms with Crippen LogP contribution in [0.4, 0.5) is 5.69 Å². The van der Waals surface area contributed by atoms with Crippen LogP contribution in [0, 0.1) is 0 Å². The van der Waals surface area contributed by atoms with Gasteiger partial charge in [0.15, 0.2) is 0 Å². The summed E-state index contributed by atoms with van der Waals surface area (Å²) in [7, 11) is -3.62. The number of amides is 7. The Balaban J connectivity index is 2.20.